The molecule has 6 heteroatoms. The lowest BCUT2D eigenvalue weighted by Gasteiger charge is -2.32. The van der Waals surface area contributed by atoms with Crippen molar-refractivity contribution in [2.24, 2.45) is 11.7 Å². The number of hydrogen-bond donors (Lipinski definition) is 2. The summed E-state index contributed by atoms with van der Waals surface area (Å²) in [6.45, 7) is 9.00. The number of anilines is 1. The molecule has 0 saturated carbocycles. The van der Waals surface area contributed by atoms with Gasteiger partial charge >= 0.3 is 0 Å². The summed E-state index contributed by atoms with van der Waals surface area (Å²) in [5, 5.41) is 14.3. The molecule has 1 unspecified atom stereocenters. The van der Waals surface area contributed by atoms with E-state index in [9.17, 15) is 10.1 Å². The number of nitro benzene ring substituents is 1. The van der Waals surface area contributed by atoms with Gasteiger partial charge in [0.1, 0.15) is 5.75 Å². The standard InChI is InChI=1S/C15H25N3O3/c1-5-21-14-7-12(6-13(8-14)18(19)20)17-15(4,10-16)9-11(2)3/h6-8,11,17H,5,9-10,16H2,1-4H3. The topological polar surface area (TPSA) is 90.4 Å². The van der Waals surface area contributed by atoms with Gasteiger partial charge in [0.2, 0.25) is 0 Å². The Kier molecular flexibility index (Phi) is 5.96. The second kappa shape index (κ2) is 7.26. The van der Waals surface area contributed by atoms with Gasteiger partial charge in [-0.15, -0.1) is 0 Å². The molecule has 0 aliphatic rings. The van der Waals surface area contributed by atoms with E-state index in [4.69, 9.17) is 10.5 Å². The Morgan fingerprint density at radius 1 is 1.43 bits per heavy atom. The summed E-state index contributed by atoms with van der Waals surface area (Å²) in [6.07, 6.45) is 0.871. The van der Waals surface area contributed by atoms with E-state index >= 15 is 0 Å². The maximum absolute atomic E-state index is 11.0. The minimum Gasteiger partial charge on any atom is -0.494 e. The molecule has 118 valence electrons. The highest BCUT2D eigenvalue weighted by atomic mass is 16.6. The molecule has 1 atom stereocenters. The van der Waals surface area contributed by atoms with Gasteiger partial charge in [0.15, 0.2) is 0 Å². The van der Waals surface area contributed by atoms with Crippen molar-refractivity contribution in [3.8, 4) is 5.75 Å². The molecule has 0 bridgehead atoms. The normalized spacial score (nSPS) is 13.8. The highest BCUT2D eigenvalue weighted by Gasteiger charge is 2.24. The SMILES string of the molecule is CCOc1cc(NC(C)(CN)CC(C)C)cc([N+](=O)[O-])c1. The van der Waals surface area contributed by atoms with E-state index in [1.807, 2.05) is 13.8 Å². The predicted molar refractivity (Wildman–Crippen MR) is 84.8 cm³/mol. The van der Waals surface area contributed by atoms with E-state index in [-0.39, 0.29) is 11.2 Å². The third kappa shape index (κ3) is 5.23. The molecule has 0 amide bonds. The average molecular weight is 295 g/mol. The van der Waals surface area contributed by atoms with Gasteiger partial charge in [-0.3, -0.25) is 10.1 Å². The highest BCUT2D eigenvalue weighted by Crippen LogP contribution is 2.29. The van der Waals surface area contributed by atoms with Crippen LogP contribution in [-0.2, 0) is 0 Å². The third-order valence-corrected chi connectivity index (χ3v) is 3.17. The number of nitro groups is 1. The Morgan fingerprint density at radius 2 is 2.10 bits per heavy atom. The van der Waals surface area contributed by atoms with Crippen molar-refractivity contribution in [1.82, 2.24) is 0 Å². The molecular formula is C15H25N3O3. The number of hydrogen-bond acceptors (Lipinski definition) is 5. The van der Waals surface area contributed by atoms with Crippen molar-refractivity contribution in [2.75, 3.05) is 18.5 Å². The fourth-order valence-corrected chi connectivity index (χ4v) is 2.45. The molecule has 1 aromatic rings. The van der Waals surface area contributed by atoms with Crippen molar-refractivity contribution in [3.63, 3.8) is 0 Å². The zero-order chi connectivity index (χ0) is 16.0. The van der Waals surface area contributed by atoms with Gasteiger partial charge in [0.25, 0.3) is 5.69 Å². The Balaban J connectivity index is 3.07. The van der Waals surface area contributed by atoms with Gasteiger partial charge in [-0.05, 0) is 26.2 Å². The molecular weight excluding hydrogens is 270 g/mol. The minimum absolute atomic E-state index is 0.00682. The molecule has 21 heavy (non-hydrogen) atoms. The van der Waals surface area contributed by atoms with Crippen LogP contribution in [-0.4, -0.2) is 23.6 Å². The summed E-state index contributed by atoms with van der Waals surface area (Å²) in [5.41, 5.74) is 6.22. The van der Waals surface area contributed by atoms with Crippen molar-refractivity contribution in [2.45, 2.75) is 39.7 Å². The van der Waals surface area contributed by atoms with E-state index in [1.165, 1.54) is 12.1 Å². The monoisotopic (exact) mass is 295 g/mol. The summed E-state index contributed by atoms with van der Waals surface area (Å²) in [5.74, 6) is 0.953. The van der Waals surface area contributed by atoms with Crippen LogP contribution in [0.15, 0.2) is 18.2 Å². The maximum atomic E-state index is 11.0. The molecule has 0 spiro atoms. The summed E-state index contributed by atoms with van der Waals surface area (Å²) < 4.78 is 5.39. The maximum Gasteiger partial charge on any atom is 0.275 e. The molecule has 0 fully saturated rings. The van der Waals surface area contributed by atoms with Crippen LogP contribution in [0.3, 0.4) is 0 Å². The number of benzene rings is 1. The quantitative estimate of drug-likeness (QED) is 0.568. The van der Waals surface area contributed by atoms with E-state index in [1.54, 1.807) is 6.07 Å². The Morgan fingerprint density at radius 3 is 2.57 bits per heavy atom. The first-order valence-corrected chi connectivity index (χ1v) is 7.20. The van der Waals surface area contributed by atoms with Gasteiger partial charge in [0, 0.05) is 29.9 Å². The summed E-state index contributed by atoms with van der Waals surface area (Å²) in [6, 6.07) is 4.71. The van der Waals surface area contributed by atoms with Crippen LogP contribution in [0, 0.1) is 16.0 Å². The van der Waals surface area contributed by atoms with E-state index in [0.29, 0.717) is 30.5 Å². The van der Waals surface area contributed by atoms with E-state index in [2.05, 4.69) is 19.2 Å². The van der Waals surface area contributed by atoms with Crippen LogP contribution in [0.2, 0.25) is 0 Å². The van der Waals surface area contributed by atoms with Gasteiger partial charge in [-0.1, -0.05) is 13.8 Å². The second-order valence-electron chi connectivity index (χ2n) is 5.89. The van der Waals surface area contributed by atoms with E-state index in [0.717, 1.165) is 6.42 Å². The Hall–Kier alpha value is -1.82. The zero-order valence-electron chi connectivity index (χ0n) is 13.2. The lowest BCUT2D eigenvalue weighted by molar-refractivity contribution is -0.384. The first-order chi connectivity index (χ1) is 9.79. The Labute approximate surface area is 125 Å². The first kappa shape index (κ1) is 17.2. The van der Waals surface area contributed by atoms with Gasteiger partial charge in [-0.2, -0.15) is 0 Å². The molecule has 0 saturated heterocycles. The van der Waals surface area contributed by atoms with Crippen molar-refractivity contribution >= 4 is 11.4 Å². The number of nitrogens with one attached hydrogen (secondary N) is 1. The summed E-state index contributed by atoms with van der Waals surface area (Å²) in [7, 11) is 0. The lowest BCUT2D eigenvalue weighted by atomic mass is 9.90. The molecule has 0 heterocycles. The van der Waals surface area contributed by atoms with Crippen molar-refractivity contribution in [1.29, 1.82) is 0 Å². The zero-order valence-corrected chi connectivity index (χ0v) is 13.2. The average Bonchev–Trinajstić information content (AvgIpc) is 2.37. The van der Waals surface area contributed by atoms with Gasteiger partial charge < -0.3 is 15.8 Å². The lowest BCUT2D eigenvalue weighted by Crippen LogP contribution is -2.43. The van der Waals surface area contributed by atoms with Crippen LogP contribution >= 0.6 is 0 Å². The molecule has 6 nitrogen and oxygen atoms in total. The number of nitrogens with two attached hydrogens (primary N) is 1. The molecule has 0 radical (unpaired) electrons. The molecule has 1 rings (SSSR count). The third-order valence-electron chi connectivity index (χ3n) is 3.17. The van der Waals surface area contributed by atoms with Crippen LogP contribution in [0.1, 0.15) is 34.1 Å². The smallest absolute Gasteiger partial charge is 0.275 e. The summed E-state index contributed by atoms with van der Waals surface area (Å²) >= 11 is 0. The Bertz CT molecular complexity index is 491. The largest absolute Gasteiger partial charge is 0.494 e. The molecule has 0 aliphatic heterocycles. The summed E-state index contributed by atoms with van der Waals surface area (Å²) in [4.78, 5) is 10.6. The van der Waals surface area contributed by atoms with Crippen LogP contribution in [0.25, 0.3) is 0 Å². The number of rotatable bonds is 8. The molecule has 1 aromatic carbocycles. The first-order valence-electron chi connectivity index (χ1n) is 7.20. The fraction of sp³-hybridized carbons (Fsp3) is 0.600. The number of non-ortho nitro benzene ring substituents is 1. The van der Waals surface area contributed by atoms with Gasteiger partial charge in [-0.25, -0.2) is 0 Å². The van der Waals surface area contributed by atoms with Gasteiger partial charge in [0.05, 0.1) is 17.6 Å². The second-order valence-corrected chi connectivity index (χ2v) is 5.89. The molecule has 0 aliphatic carbocycles. The number of nitrogens with zero attached hydrogens (tertiary/aromatic N) is 1. The van der Waals surface area contributed by atoms with Crippen LogP contribution < -0.4 is 15.8 Å². The van der Waals surface area contributed by atoms with Crippen molar-refractivity contribution < 1.29 is 9.66 Å². The molecule has 0 aromatic heterocycles. The van der Waals surface area contributed by atoms with E-state index < -0.39 is 4.92 Å². The van der Waals surface area contributed by atoms with Crippen LogP contribution in [0.4, 0.5) is 11.4 Å². The predicted octanol–water partition coefficient (Wildman–Crippen LogP) is 3.17. The van der Waals surface area contributed by atoms with Crippen molar-refractivity contribution in [3.05, 3.63) is 28.3 Å². The molecule has 3 N–H and O–H groups in total. The number of ether oxygens (including phenoxy) is 1. The highest BCUT2D eigenvalue weighted by molar-refractivity contribution is 5.57. The minimum atomic E-state index is -0.421. The fourth-order valence-electron chi connectivity index (χ4n) is 2.45. The van der Waals surface area contributed by atoms with Crippen LogP contribution in [0.5, 0.6) is 5.75 Å².